The van der Waals surface area contributed by atoms with Crippen molar-refractivity contribution in [3.63, 3.8) is 0 Å². The Hall–Kier alpha value is -2.03. The maximum Gasteiger partial charge on any atom is 0.350 e. The van der Waals surface area contributed by atoms with Gasteiger partial charge in [0.15, 0.2) is 5.57 Å². The van der Waals surface area contributed by atoms with Crippen LogP contribution < -0.4 is 5.32 Å². The minimum atomic E-state index is -0.642. The lowest BCUT2D eigenvalue weighted by Crippen LogP contribution is -2.23. The molecule has 0 saturated heterocycles. The molecule has 0 spiro atoms. The van der Waals surface area contributed by atoms with Crippen molar-refractivity contribution >= 4 is 17.6 Å². The Balaban J connectivity index is 2.85. The predicted octanol–water partition coefficient (Wildman–Crippen LogP) is 3.05. The van der Waals surface area contributed by atoms with Crippen LogP contribution in [0.25, 0.3) is 0 Å². The van der Waals surface area contributed by atoms with Crippen molar-refractivity contribution in [1.82, 2.24) is 5.32 Å². The van der Waals surface area contributed by atoms with Crippen molar-refractivity contribution in [2.24, 2.45) is 5.92 Å². The second-order valence-corrected chi connectivity index (χ2v) is 5.60. The second kappa shape index (κ2) is 9.88. The van der Waals surface area contributed by atoms with Gasteiger partial charge in [-0.25, -0.2) is 4.79 Å². The molecule has 124 valence electrons. The highest BCUT2D eigenvalue weighted by Gasteiger charge is 2.19. The monoisotopic (exact) mass is 336 g/mol. The molecule has 0 atom stereocenters. The fourth-order valence-electron chi connectivity index (χ4n) is 1.89. The molecule has 0 heterocycles. The molecule has 0 radical (unpaired) electrons. The standard InChI is InChI=1S/C17H21ClN2O3/c1-12(2)16(15(10-19)17(21)23-9-8-22-3)20-11-13-4-6-14(18)7-5-13/h4-7,12,20H,8-9,11H2,1-3H3/b16-15-. The molecule has 0 aromatic heterocycles. The van der Waals surface area contributed by atoms with Gasteiger partial charge in [0, 0.05) is 24.4 Å². The van der Waals surface area contributed by atoms with E-state index < -0.39 is 5.97 Å². The zero-order valence-electron chi connectivity index (χ0n) is 13.6. The number of allylic oxidation sites excluding steroid dienone is 1. The first-order chi connectivity index (χ1) is 11.0. The predicted molar refractivity (Wildman–Crippen MR) is 88.6 cm³/mol. The molecule has 1 rings (SSSR count). The second-order valence-electron chi connectivity index (χ2n) is 5.16. The molecule has 1 aromatic rings. The minimum absolute atomic E-state index is 0.00920. The number of nitriles is 1. The summed E-state index contributed by atoms with van der Waals surface area (Å²) >= 11 is 5.86. The molecule has 0 aliphatic heterocycles. The first-order valence-electron chi connectivity index (χ1n) is 7.28. The number of nitrogens with zero attached hydrogens (tertiary/aromatic N) is 1. The van der Waals surface area contributed by atoms with Gasteiger partial charge < -0.3 is 14.8 Å². The van der Waals surface area contributed by atoms with Gasteiger partial charge in [0.05, 0.1) is 6.61 Å². The molecule has 0 amide bonds. The third-order valence-corrected chi connectivity index (χ3v) is 3.33. The van der Waals surface area contributed by atoms with Crippen molar-refractivity contribution < 1.29 is 14.3 Å². The zero-order valence-corrected chi connectivity index (χ0v) is 14.3. The molecule has 0 aliphatic rings. The van der Waals surface area contributed by atoms with E-state index in [1.807, 2.05) is 32.0 Å². The van der Waals surface area contributed by atoms with Crippen LogP contribution >= 0.6 is 11.6 Å². The number of carbonyl (C=O) groups is 1. The first kappa shape index (κ1) is 19.0. The Morgan fingerprint density at radius 1 is 1.30 bits per heavy atom. The number of nitrogens with one attached hydrogen (secondary N) is 1. The van der Waals surface area contributed by atoms with Gasteiger partial charge >= 0.3 is 5.97 Å². The maximum absolute atomic E-state index is 12.0. The highest BCUT2D eigenvalue weighted by atomic mass is 35.5. The van der Waals surface area contributed by atoms with E-state index in [1.165, 1.54) is 7.11 Å². The van der Waals surface area contributed by atoms with E-state index in [2.05, 4.69) is 5.32 Å². The molecule has 0 aliphatic carbocycles. The molecule has 1 N–H and O–H groups in total. The van der Waals surface area contributed by atoms with Crippen LogP contribution in [0.5, 0.6) is 0 Å². The van der Waals surface area contributed by atoms with Crippen LogP contribution in [0.15, 0.2) is 35.5 Å². The molecule has 0 bridgehead atoms. The summed E-state index contributed by atoms with van der Waals surface area (Å²) in [7, 11) is 1.52. The lowest BCUT2D eigenvalue weighted by atomic mass is 10.0. The van der Waals surface area contributed by atoms with Gasteiger partial charge in [-0.3, -0.25) is 0 Å². The number of rotatable bonds is 8. The summed E-state index contributed by atoms with van der Waals surface area (Å²) in [6, 6.07) is 9.29. The molecule has 1 aromatic carbocycles. The summed E-state index contributed by atoms with van der Waals surface area (Å²) in [5.41, 5.74) is 1.55. The summed E-state index contributed by atoms with van der Waals surface area (Å²) in [5.74, 6) is -0.663. The highest BCUT2D eigenvalue weighted by molar-refractivity contribution is 6.30. The first-order valence-corrected chi connectivity index (χ1v) is 7.66. The Morgan fingerprint density at radius 3 is 2.48 bits per heavy atom. The largest absolute Gasteiger partial charge is 0.459 e. The number of benzene rings is 1. The van der Waals surface area contributed by atoms with Gasteiger partial charge in [-0.2, -0.15) is 5.26 Å². The lowest BCUT2D eigenvalue weighted by Gasteiger charge is -2.16. The van der Waals surface area contributed by atoms with Crippen LogP contribution in [-0.4, -0.2) is 26.3 Å². The molecule has 5 nitrogen and oxygen atoms in total. The van der Waals surface area contributed by atoms with Gasteiger partial charge in [0.25, 0.3) is 0 Å². The number of carbonyl (C=O) groups excluding carboxylic acids is 1. The van der Waals surface area contributed by atoms with Gasteiger partial charge in [0.1, 0.15) is 12.7 Å². The molecular weight excluding hydrogens is 316 g/mol. The van der Waals surface area contributed by atoms with Crippen LogP contribution in [0, 0.1) is 17.2 Å². The average Bonchev–Trinajstić information content (AvgIpc) is 2.52. The lowest BCUT2D eigenvalue weighted by molar-refractivity contribution is -0.139. The van der Waals surface area contributed by atoms with Crippen LogP contribution in [0.3, 0.4) is 0 Å². The Morgan fingerprint density at radius 2 is 1.96 bits per heavy atom. The SMILES string of the molecule is COCCOC(=O)/C(C#N)=C(\NCc1ccc(Cl)cc1)C(C)C. The van der Waals surface area contributed by atoms with E-state index in [9.17, 15) is 10.1 Å². The Kier molecular flexibility index (Phi) is 8.17. The number of esters is 1. The van der Waals surface area contributed by atoms with Crippen molar-refractivity contribution in [3.8, 4) is 6.07 Å². The van der Waals surface area contributed by atoms with Gasteiger partial charge in [0.2, 0.25) is 0 Å². The van der Waals surface area contributed by atoms with Crippen molar-refractivity contribution in [3.05, 3.63) is 46.1 Å². The third-order valence-electron chi connectivity index (χ3n) is 3.08. The van der Waals surface area contributed by atoms with Crippen molar-refractivity contribution in [2.75, 3.05) is 20.3 Å². The summed E-state index contributed by atoms with van der Waals surface area (Å²) in [5, 5.41) is 13.1. The van der Waals surface area contributed by atoms with E-state index >= 15 is 0 Å². The van der Waals surface area contributed by atoms with Crippen molar-refractivity contribution in [1.29, 1.82) is 5.26 Å². The summed E-state index contributed by atoms with van der Waals surface area (Å²) < 4.78 is 9.86. The van der Waals surface area contributed by atoms with E-state index in [1.54, 1.807) is 12.1 Å². The molecule has 0 saturated carbocycles. The topological polar surface area (TPSA) is 71.3 Å². The van der Waals surface area contributed by atoms with Crippen LogP contribution in [0.4, 0.5) is 0 Å². The van der Waals surface area contributed by atoms with Crippen LogP contribution in [-0.2, 0) is 20.8 Å². The van der Waals surface area contributed by atoms with Gasteiger partial charge in [-0.05, 0) is 23.6 Å². The number of hydrogen-bond donors (Lipinski definition) is 1. The number of methoxy groups -OCH3 is 1. The zero-order chi connectivity index (χ0) is 17.2. The number of hydrogen-bond acceptors (Lipinski definition) is 5. The smallest absolute Gasteiger partial charge is 0.350 e. The average molecular weight is 337 g/mol. The fraction of sp³-hybridized carbons (Fsp3) is 0.412. The highest BCUT2D eigenvalue weighted by Crippen LogP contribution is 2.15. The van der Waals surface area contributed by atoms with Gasteiger partial charge in [-0.1, -0.05) is 37.6 Å². The van der Waals surface area contributed by atoms with E-state index in [0.717, 1.165) is 5.56 Å². The maximum atomic E-state index is 12.0. The van der Waals surface area contributed by atoms with Crippen LogP contribution in [0.1, 0.15) is 19.4 Å². The normalized spacial score (nSPS) is 11.7. The molecular formula is C17H21ClN2O3. The van der Waals surface area contributed by atoms with Crippen molar-refractivity contribution in [2.45, 2.75) is 20.4 Å². The van der Waals surface area contributed by atoms with E-state index in [-0.39, 0.29) is 18.1 Å². The molecule has 0 fully saturated rings. The molecule has 6 heteroatoms. The van der Waals surface area contributed by atoms with E-state index in [4.69, 9.17) is 21.1 Å². The van der Waals surface area contributed by atoms with Gasteiger partial charge in [-0.15, -0.1) is 0 Å². The summed E-state index contributed by atoms with van der Waals surface area (Å²) in [4.78, 5) is 12.0. The quantitative estimate of drug-likeness (QED) is 0.342. The Labute approximate surface area is 141 Å². The fourth-order valence-corrected chi connectivity index (χ4v) is 2.01. The summed E-state index contributed by atoms with van der Waals surface area (Å²) in [6.07, 6.45) is 0. The number of ether oxygens (including phenoxy) is 2. The summed E-state index contributed by atoms with van der Waals surface area (Å²) in [6.45, 7) is 4.71. The third kappa shape index (κ3) is 6.31. The Bertz CT molecular complexity index is 589. The number of halogens is 1. The van der Waals surface area contributed by atoms with E-state index in [0.29, 0.717) is 23.9 Å². The molecule has 23 heavy (non-hydrogen) atoms. The minimum Gasteiger partial charge on any atom is -0.459 e. The molecule has 0 unspecified atom stereocenters. The van der Waals surface area contributed by atoms with Crippen LogP contribution in [0.2, 0.25) is 5.02 Å².